The summed E-state index contributed by atoms with van der Waals surface area (Å²) in [6, 6.07) is 10.6. The SMILES string of the molecule is CCNC(=O)N(C1CC1)C1CCOC2(CCN(C(=O)NCc3ccccc3)CC2)C1. The van der Waals surface area contributed by atoms with E-state index in [1.54, 1.807) is 0 Å². The van der Waals surface area contributed by atoms with Crippen molar-refractivity contribution in [1.82, 2.24) is 20.4 Å². The number of carbonyl (C=O) groups excluding carboxylic acids is 2. The van der Waals surface area contributed by atoms with Crippen molar-refractivity contribution in [3.63, 3.8) is 0 Å². The molecule has 1 atom stereocenters. The Morgan fingerprint density at radius 2 is 1.83 bits per heavy atom. The Morgan fingerprint density at radius 1 is 1.10 bits per heavy atom. The molecule has 2 heterocycles. The fourth-order valence-electron chi connectivity index (χ4n) is 4.82. The maximum absolute atomic E-state index is 12.6. The number of hydrogen-bond donors (Lipinski definition) is 2. The fourth-order valence-corrected chi connectivity index (χ4v) is 4.82. The number of piperidine rings is 1. The van der Waals surface area contributed by atoms with Gasteiger partial charge in [0.15, 0.2) is 0 Å². The molecule has 7 heteroatoms. The van der Waals surface area contributed by atoms with Gasteiger partial charge in [-0.25, -0.2) is 9.59 Å². The molecule has 1 aromatic carbocycles. The Balaban J connectivity index is 1.30. The highest BCUT2D eigenvalue weighted by Crippen LogP contribution is 2.40. The van der Waals surface area contributed by atoms with Crippen LogP contribution in [-0.2, 0) is 11.3 Å². The number of amides is 4. The highest BCUT2D eigenvalue weighted by Gasteiger charge is 2.46. The molecule has 0 radical (unpaired) electrons. The number of urea groups is 2. The molecule has 3 fully saturated rings. The van der Waals surface area contributed by atoms with Crippen molar-refractivity contribution in [2.24, 2.45) is 0 Å². The number of nitrogens with zero attached hydrogens (tertiary/aromatic N) is 2. The summed E-state index contributed by atoms with van der Waals surface area (Å²) in [4.78, 5) is 29.2. The van der Waals surface area contributed by atoms with Crippen molar-refractivity contribution in [2.75, 3.05) is 26.2 Å². The van der Waals surface area contributed by atoms with Crippen LogP contribution in [0.4, 0.5) is 9.59 Å². The zero-order valence-electron chi connectivity index (χ0n) is 17.9. The predicted octanol–water partition coefficient (Wildman–Crippen LogP) is 3.10. The lowest BCUT2D eigenvalue weighted by molar-refractivity contribution is -0.125. The highest BCUT2D eigenvalue weighted by molar-refractivity contribution is 5.75. The lowest BCUT2D eigenvalue weighted by atomic mass is 9.82. The zero-order chi connectivity index (χ0) is 21.0. The molecule has 2 saturated heterocycles. The Hall–Kier alpha value is -2.28. The van der Waals surface area contributed by atoms with E-state index in [1.807, 2.05) is 42.2 Å². The number of benzene rings is 1. The van der Waals surface area contributed by atoms with Gasteiger partial charge in [-0.3, -0.25) is 0 Å². The van der Waals surface area contributed by atoms with Crippen molar-refractivity contribution in [1.29, 1.82) is 0 Å². The molecular weight excluding hydrogens is 380 g/mol. The number of ether oxygens (including phenoxy) is 1. The Bertz CT molecular complexity index is 729. The molecule has 2 N–H and O–H groups in total. The van der Waals surface area contributed by atoms with Crippen molar-refractivity contribution < 1.29 is 14.3 Å². The number of hydrogen-bond acceptors (Lipinski definition) is 3. The first-order valence-corrected chi connectivity index (χ1v) is 11.4. The summed E-state index contributed by atoms with van der Waals surface area (Å²) in [6.45, 7) is 5.24. The third-order valence-electron chi connectivity index (χ3n) is 6.61. The van der Waals surface area contributed by atoms with E-state index in [9.17, 15) is 9.59 Å². The molecule has 0 aromatic heterocycles. The third-order valence-corrected chi connectivity index (χ3v) is 6.61. The van der Waals surface area contributed by atoms with Gasteiger partial charge in [-0.2, -0.15) is 0 Å². The van der Waals surface area contributed by atoms with Crippen molar-refractivity contribution in [3.8, 4) is 0 Å². The first-order valence-electron chi connectivity index (χ1n) is 11.4. The van der Waals surface area contributed by atoms with Crippen molar-refractivity contribution >= 4 is 12.1 Å². The van der Waals surface area contributed by atoms with E-state index >= 15 is 0 Å². The normalized spacial score (nSPS) is 23.1. The number of carbonyl (C=O) groups is 2. The summed E-state index contributed by atoms with van der Waals surface area (Å²) in [5.74, 6) is 0. The van der Waals surface area contributed by atoms with E-state index in [4.69, 9.17) is 4.74 Å². The highest BCUT2D eigenvalue weighted by atomic mass is 16.5. The predicted molar refractivity (Wildman–Crippen MR) is 115 cm³/mol. The second kappa shape index (κ2) is 9.25. The molecule has 30 heavy (non-hydrogen) atoms. The first kappa shape index (κ1) is 21.0. The summed E-state index contributed by atoms with van der Waals surface area (Å²) < 4.78 is 6.27. The van der Waals surface area contributed by atoms with Gasteiger partial charge in [-0.05, 0) is 51.0 Å². The average molecular weight is 415 g/mol. The molecule has 4 amide bonds. The topological polar surface area (TPSA) is 73.9 Å². The van der Waals surface area contributed by atoms with E-state index in [0.29, 0.717) is 38.8 Å². The van der Waals surface area contributed by atoms with Gasteiger partial charge in [0, 0.05) is 44.9 Å². The van der Waals surface area contributed by atoms with Crippen LogP contribution in [-0.4, -0.2) is 65.8 Å². The molecule has 1 aliphatic carbocycles. The van der Waals surface area contributed by atoms with Crippen LogP contribution in [0.3, 0.4) is 0 Å². The van der Waals surface area contributed by atoms with Gasteiger partial charge in [0.05, 0.1) is 5.60 Å². The Labute approximate surface area is 179 Å². The third kappa shape index (κ3) is 4.89. The molecule has 164 valence electrons. The van der Waals surface area contributed by atoms with E-state index in [1.165, 1.54) is 0 Å². The van der Waals surface area contributed by atoms with Crippen LogP contribution in [0.2, 0.25) is 0 Å². The largest absolute Gasteiger partial charge is 0.375 e. The van der Waals surface area contributed by atoms with Gasteiger partial charge in [0.1, 0.15) is 0 Å². The number of rotatable bonds is 5. The van der Waals surface area contributed by atoms with Crippen LogP contribution >= 0.6 is 0 Å². The van der Waals surface area contributed by atoms with Crippen molar-refractivity contribution in [3.05, 3.63) is 35.9 Å². The number of likely N-dealkylation sites (tertiary alicyclic amines) is 1. The number of nitrogens with one attached hydrogen (secondary N) is 2. The Morgan fingerprint density at radius 3 is 2.50 bits per heavy atom. The van der Waals surface area contributed by atoms with E-state index < -0.39 is 0 Å². The zero-order valence-corrected chi connectivity index (χ0v) is 17.9. The van der Waals surface area contributed by atoms with Crippen LogP contribution in [0.25, 0.3) is 0 Å². The van der Waals surface area contributed by atoms with Crippen LogP contribution in [0.1, 0.15) is 51.0 Å². The summed E-state index contributed by atoms with van der Waals surface area (Å²) >= 11 is 0. The quantitative estimate of drug-likeness (QED) is 0.778. The molecule has 7 nitrogen and oxygen atoms in total. The van der Waals surface area contributed by atoms with Gasteiger partial charge in [-0.15, -0.1) is 0 Å². The van der Waals surface area contributed by atoms with Crippen LogP contribution in [0.5, 0.6) is 0 Å². The van der Waals surface area contributed by atoms with Gasteiger partial charge in [-0.1, -0.05) is 30.3 Å². The van der Waals surface area contributed by atoms with Gasteiger partial charge in [0.2, 0.25) is 0 Å². The minimum Gasteiger partial charge on any atom is -0.375 e. The lowest BCUT2D eigenvalue weighted by Gasteiger charge is -2.48. The maximum Gasteiger partial charge on any atom is 0.317 e. The molecule has 3 aliphatic rings. The lowest BCUT2D eigenvalue weighted by Crippen LogP contribution is -2.57. The summed E-state index contributed by atoms with van der Waals surface area (Å²) in [6.07, 6.45) is 5.65. The van der Waals surface area contributed by atoms with E-state index in [0.717, 1.165) is 44.1 Å². The van der Waals surface area contributed by atoms with Gasteiger partial charge in [0.25, 0.3) is 0 Å². The summed E-state index contributed by atoms with van der Waals surface area (Å²) in [7, 11) is 0. The van der Waals surface area contributed by atoms with E-state index in [2.05, 4.69) is 15.5 Å². The molecule has 4 rings (SSSR count). The molecule has 1 aromatic rings. The smallest absolute Gasteiger partial charge is 0.317 e. The second-order valence-electron chi connectivity index (χ2n) is 8.78. The average Bonchev–Trinajstić information content (AvgIpc) is 3.59. The monoisotopic (exact) mass is 414 g/mol. The van der Waals surface area contributed by atoms with Gasteiger partial charge >= 0.3 is 12.1 Å². The first-order chi connectivity index (χ1) is 14.6. The molecular formula is C23H34N4O3. The fraction of sp³-hybridized carbons (Fsp3) is 0.652. The maximum atomic E-state index is 12.6. The van der Waals surface area contributed by atoms with Crippen molar-refractivity contribution in [2.45, 2.75) is 69.7 Å². The molecule has 1 spiro atoms. The minimum atomic E-state index is -0.210. The molecule has 1 unspecified atom stereocenters. The molecule has 0 bridgehead atoms. The summed E-state index contributed by atoms with van der Waals surface area (Å²) in [5.41, 5.74) is 0.891. The molecule has 2 aliphatic heterocycles. The Kier molecular flexibility index (Phi) is 6.46. The van der Waals surface area contributed by atoms with Crippen LogP contribution in [0, 0.1) is 0 Å². The standard InChI is InChI=1S/C23H34N4O3/c1-2-24-22(29)27(19-8-9-19)20-10-15-30-23(16-20)11-13-26(14-12-23)21(28)25-17-18-6-4-3-5-7-18/h3-7,19-20H,2,8-17H2,1H3,(H,24,29)(H,25,28). The minimum absolute atomic E-state index is 0.0111. The summed E-state index contributed by atoms with van der Waals surface area (Å²) in [5, 5.41) is 6.01. The second-order valence-corrected chi connectivity index (χ2v) is 8.78. The molecule has 1 saturated carbocycles. The van der Waals surface area contributed by atoms with Gasteiger partial charge < -0.3 is 25.2 Å². The van der Waals surface area contributed by atoms with Crippen LogP contribution in [0.15, 0.2) is 30.3 Å². The van der Waals surface area contributed by atoms with Crippen LogP contribution < -0.4 is 10.6 Å². The van der Waals surface area contributed by atoms with E-state index in [-0.39, 0.29) is 23.7 Å².